The van der Waals surface area contributed by atoms with Crippen LogP contribution in [0.25, 0.3) is 0 Å². The van der Waals surface area contributed by atoms with Crippen LogP contribution in [0.5, 0.6) is 0 Å². The summed E-state index contributed by atoms with van der Waals surface area (Å²) in [6.07, 6.45) is 0. The number of imide groups is 1. The Hall–Kier alpha value is -1.86. The van der Waals surface area contributed by atoms with E-state index in [-0.39, 0.29) is 0 Å². The zero-order valence-corrected chi connectivity index (χ0v) is 12.6. The Morgan fingerprint density at radius 2 is 1.95 bits per heavy atom. The smallest absolute Gasteiger partial charge is 0.288 e. The van der Waals surface area contributed by atoms with E-state index in [0.29, 0.717) is 23.0 Å². The first kappa shape index (κ1) is 14.1. The SMILES string of the molecule is Cc1cc(C)c2c(c1)C(O)(C1SC(=O)N(C)C1=O)C(=O)N2. The lowest BCUT2D eigenvalue weighted by Gasteiger charge is -2.25. The third kappa shape index (κ3) is 1.74. The van der Waals surface area contributed by atoms with Crippen molar-refractivity contribution in [2.75, 3.05) is 12.4 Å². The molecule has 0 aliphatic carbocycles. The van der Waals surface area contributed by atoms with Crippen molar-refractivity contribution in [1.82, 2.24) is 4.90 Å². The van der Waals surface area contributed by atoms with Crippen molar-refractivity contribution in [1.29, 1.82) is 0 Å². The number of thioether (sulfide) groups is 1. The number of carbonyl (C=O) groups excluding carboxylic acids is 3. The van der Waals surface area contributed by atoms with Gasteiger partial charge in [-0.1, -0.05) is 17.7 Å². The van der Waals surface area contributed by atoms with Crippen molar-refractivity contribution >= 4 is 34.5 Å². The number of nitrogens with one attached hydrogen (secondary N) is 1. The average Bonchev–Trinajstić information content (AvgIpc) is 2.82. The summed E-state index contributed by atoms with van der Waals surface area (Å²) in [4.78, 5) is 37.1. The first-order valence-electron chi connectivity index (χ1n) is 6.40. The van der Waals surface area contributed by atoms with Crippen LogP contribution in [0.3, 0.4) is 0 Å². The summed E-state index contributed by atoms with van der Waals surface area (Å²) >= 11 is 0.684. The van der Waals surface area contributed by atoms with Gasteiger partial charge in [0.25, 0.3) is 11.1 Å². The number of rotatable bonds is 1. The Bertz CT molecular complexity index is 702. The average molecular weight is 306 g/mol. The van der Waals surface area contributed by atoms with E-state index in [9.17, 15) is 19.5 Å². The van der Waals surface area contributed by atoms with Gasteiger partial charge in [-0.05, 0) is 31.2 Å². The molecule has 0 bridgehead atoms. The van der Waals surface area contributed by atoms with E-state index < -0.39 is 27.9 Å². The van der Waals surface area contributed by atoms with Crippen LogP contribution in [0, 0.1) is 13.8 Å². The van der Waals surface area contributed by atoms with Gasteiger partial charge in [-0.25, -0.2) is 0 Å². The van der Waals surface area contributed by atoms with Crippen LogP contribution in [0.4, 0.5) is 10.5 Å². The van der Waals surface area contributed by atoms with Crippen LogP contribution in [-0.2, 0) is 15.2 Å². The molecule has 1 saturated heterocycles. The number of anilines is 1. The lowest BCUT2D eigenvalue weighted by atomic mass is 9.88. The number of benzene rings is 1. The van der Waals surface area contributed by atoms with E-state index in [1.54, 1.807) is 6.07 Å². The van der Waals surface area contributed by atoms with Gasteiger partial charge in [0.05, 0.1) is 5.69 Å². The second kappa shape index (κ2) is 4.32. The quantitative estimate of drug-likeness (QED) is 0.812. The molecule has 1 aromatic rings. The van der Waals surface area contributed by atoms with E-state index >= 15 is 0 Å². The Morgan fingerprint density at radius 1 is 1.29 bits per heavy atom. The highest BCUT2D eigenvalue weighted by Gasteiger charge is 2.59. The molecule has 2 aliphatic heterocycles. The molecular weight excluding hydrogens is 292 g/mol. The number of hydrogen-bond donors (Lipinski definition) is 2. The molecule has 3 rings (SSSR count). The Labute approximate surface area is 125 Å². The minimum atomic E-state index is -2.02. The van der Waals surface area contributed by atoms with Gasteiger partial charge in [0.1, 0.15) is 5.25 Å². The number of nitrogens with zero attached hydrogens (tertiary/aromatic N) is 1. The van der Waals surface area contributed by atoms with Gasteiger partial charge < -0.3 is 10.4 Å². The Kier molecular flexibility index (Phi) is 2.90. The molecule has 0 radical (unpaired) electrons. The molecular formula is C14H14N2O4S. The van der Waals surface area contributed by atoms with Gasteiger partial charge in [0.2, 0.25) is 5.91 Å². The van der Waals surface area contributed by atoms with Crippen LogP contribution < -0.4 is 5.32 Å². The number of amides is 3. The zero-order valence-electron chi connectivity index (χ0n) is 11.8. The maximum Gasteiger partial charge on any atom is 0.288 e. The fourth-order valence-corrected chi connectivity index (χ4v) is 3.90. The number of aryl methyl sites for hydroxylation is 2. The molecule has 2 unspecified atom stereocenters. The molecule has 1 fully saturated rings. The minimum Gasteiger partial charge on any atom is -0.374 e. The topological polar surface area (TPSA) is 86.7 Å². The summed E-state index contributed by atoms with van der Waals surface area (Å²) in [6.45, 7) is 3.66. The molecule has 3 amide bonds. The predicted molar refractivity (Wildman–Crippen MR) is 78.0 cm³/mol. The van der Waals surface area contributed by atoms with Crippen LogP contribution >= 0.6 is 11.8 Å². The Balaban J connectivity index is 2.18. The maximum absolute atomic E-state index is 12.3. The van der Waals surface area contributed by atoms with E-state index in [2.05, 4.69) is 5.32 Å². The molecule has 2 aliphatic rings. The van der Waals surface area contributed by atoms with Crippen molar-refractivity contribution in [2.45, 2.75) is 24.7 Å². The predicted octanol–water partition coefficient (Wildman–Crippen LogP) is 1.14. The van der Waals surface area contributed by atoms with Crippen molar-refractivity contribution in [3.8, 4) is 0 Å². The molecule has 2 N–H and O–H groups in total. The normalized spacial score (nSPS) is 28.1. The molecule has 2 heterocycles. The highest BCUT2D eigenvalue weighted by molar-refractivity contribution is 8.15. The van der Waals surface area contributed by atoms with Gasteiger partial charge in [0, 0.05) is 12.6 Å². The fraction of sp³-hybridized carbons (Fsp3) is 0.357. The zero-order chi connectivity index (χ0) is 15.5. The first-order valence-corrected chi connectivity index (χ1v) is 7.28. The minimum absolute atomic E-state index is 0.360. The van der Waals surface area contributed by atoms with Crippen molar-refractivity contribution < 1.29 is 19.5 Å². The summed E-state index contributed by atoms with van der Waals surface area (Å²) in [6, 6.07) is 3.56. The van der Waals surface area contributed by atoms with Crippen molar-refractivity contribution in [3.05, 3.63) is 28.8 Å². The van der Waals surface area contributed by atoms with Gasteiger partial charge in [-0.3, -0.25) is 19.3 Å². The molecule has 0 saturated carbocycles. The fourth-order valence-electron chi connectivity index (χ4n) is 2.79. The second-order valence-electron chi connectivity index (χ2n) is 5.39. The third-order valence-corrected chi connectivity index (χ3v) is 5.16. The summed E-state index contributed by atoms with van der Waals surface area (Å²) in [5, 5.41) is 11.9. The van der Waals surface area contributed by atoms with Crippen LogP contribution in [-0.4, -0.2) is 39.4 Å². The van der Waals surface area contributed by atoms with E-state index in [1.807, 2.05) is 19.9 Å². The molecule has 110 valence electrons. The lowest BCUT2D eigenvalue weighted by molar-refractivity contribution is -0.141. The Morgan fingerprint density at radius 3 is 2.52 bits per heavy atom. The maximum atomic E-state index is 12.3. The summed E-state index contributed by atoms with van der Waals surface area (Å²) in [7, 11) is 1.34. The van der Waals surface area contributed by atoms with Crippen LogP contribution in [0.15, 0.2) is 12.1 Å². The molecule has 6 nitrogen and oxygen atoms in total. The summed E-state index contributed by atoms with van der Waals surface area (Å²) in [5.41, 5.74) is 0.539. The summed E-state index contributed by atoms with van der Waals surface area (Å²) < 4.78 is 0. The van der Waals surface area contributed by atoms with Crippen molar-refractivity contribution in [2.24, 2.45) is 0 Å². The summed E-state index contributed by atoms with van der Waals surface area (Å²) in [5.74, 6) is -1.23. The second-order valence-corrected chi connectivity index (χ2v) is 6.44. The van der Waals surface area contributed by atoms with E-state index in [4.69, 9.17) is 0 Å². The third-order valence-electron chi connectivity index (χ3n) is 3.90. The largest absolute Gasteiger partial charge is 0.374 e. The molecule has 0 aromatic heterocycles. The van der Waals surface area contributed by atoms with Gasteiger partial charge in [-0.15, -0.1) is 0 Å². The lowest BCUT2D eigenvalue weighted by Crippen LogP contribution is -2.48. The monoisotopic (exact) mass is 306 g/mol. The highest BCUT2D eigenvalue weighted by Crippen LogP contribution is 2.47. The van der Waals surface area contributed by atoms with E-state index in [1.165, 1.54) is 7.05 Å². The first-order chi connectivity index (χ1) is 9.76. The van der Waals surface area contributed by atoms with Crippen molar-refractivity contribution in [3.63, 3.8) is 0 Å². The molecule has 7 heteroatoms. The molecule has 1 aromatic carbocycles. The number of hydrogen-bond acceptors (Lipinski definition) is 5. The van der Waals surface area contributed by atoms with Crippen LogP contribution in [0.2, 0.25) is 0 Å². The van der Waals surface area contributed by atoms with Gasteiger partial charge >= 0.3 is 0 Å². The standard InChI is InChI=1S/C14H14N2O4S/c1-6-4-7(2)9-8(5-6)14(20,12(18)15-9)10-11(17)16(3)13(19)21-10/h4-5,10,20H,1-3H3,(H,15,18). The number of carbonyl (C=O) groups is 3. The van der Waals surface area contributed by atoms with Crippen LogP contribution in [0.1, 0.15) is 16.7 Å². The molecule has 21 heavy (non-hydrogen) atoms. The number of aliphatic hydroxyl groups is 1. The highest BCUT2D eigenvalue weighted by atomic mass is 32.2. The van der Waals surface area contributed by atoms with E-state index in [0.717, 1.165) is 16.0 Å². The molecule has 0 spiro atoms. The van der Waals surface area contributed by atoms with Gasteiger partial charge in [-0.2, -0.15) is 0 Å². The number of fused-ring (bicyclic) bond motifs is 1. The van der Waals surface area contributed by atoms with Gasteiger partial charge in [0.15, 0.2) is 5.60 Å². The molecule has 2 atom stereocenters.